The second-order valence-corrected chi connectivity index (χ2v) is 7.43. The number of anilines is 2. The summed E-state index contributed by atoms with van der Waals surface area (Å²) in [5.41, 5.74) is 1.91. The van der Waals surface area contributed by atoms with E-state index in [9.17, 15) is 9.18 Å². The van der Waals surface area contributed by atoms with Crippen LogP contribution in [0.15, 0.2) is 48.7 Å². The number of fused-ring (bicyclic) bond motifs is 1. The number of benzene rings is 2. The number of rotatable bonds is 3. The molecule has 0 spiro atoms. The molecule has 138 valence electrons. The van der Waals surface area contributed by atoms with E-state index in [2.05, 4.69) is 10.3 Å². The number of urea groups is 1. The van der Waals surface area contributed by atoms with Crippen molar-refractivity contribution >= 4 is 39.8 Å². The maximum absolute atomic E-state index is 13.2. The topological polar surface area (TPSA) is 54.5 Å². The Morgan fingerprint density at radius 2 is 2.19 bits per heavy atom. The minimum atomic E-state index is -0.382. The van der Waals surface area contributed by atoms with Crippen molar-refractivity contribution in [3.05, 3.63) is 65.1 Å². The van der Waals surface area contributed by atoms with Gasteiger partial charge in [-0.1, -0.05) is 35.1 Å². The van der Waals surface area contributed by atoms with Crippen LogP contribution in [0, 0.1) is 5.82 Å². The lowest BCUT2D eigenvalue weighted by atomic mass is 10.0. The fraction of sp³-hybridized carbons (Fsp3) is 0.158. The summed E-state index contributed by atoms with van der Waals surface area (Å²) in [4.78, 5) is 18.5. The molecule has 1 aliphatic rings. The Kier molecular flexibility index (Phi) is 4.96. The average Bonchev–Trinajstić information content (AvgIpc) is 3.07. The smallest absolute Gasteiger partial charge is 0.328 e. The number of carbonyl (C=O) groups excluding carboxylic acids is 1. The summed E-state index contributed by atoms with van der Waals surface area (Å²) in [6, 6.07) is 11.1. The van der Waals surface area contributed by atoms with E-state index in [-0.39, 0.29) is 11.8 Å². The monoisotopic (exact) mass is 403 g/mol. The van der Waals surface area contributed by atoms with Crippen molar-refractivity contribution in [1.29, 1.82) is 0 Å². The minimum absolute atomic E-state index is 0.273. The lowest BCUT2D eigenvalue weighted by molar-refractivity contribution is 0.256. The molecule has 0 unspecified atom stereocenters. The third-order valence-corrected chi connectivity index (χ3v) is 5.15. The Morgan fingerprint density at radius 1 is 1.30 bits per heavy atom. The van der Waals surface area contributed by atoms with Crippen LogP contribution in [0.2, 0.25) is 5.02 Å². The number of ether oxygens (including phenoxy) is 1. The molecule has 1 aromatic heterocycles. The van der Waals surface area contributed by atoms with E-state index in [0.29, 0.717) is 27.5 Å². The highest BCUT2D eigenvalue weighted by Crippen LogP contribution is 2.33. The van der Waals surface area contributed by atoms with Gasteiger partial charge in [-0.15, -0.1) is 0 Å². The standard InChI is InChI=1S/C19H15ClFN3O2S/c20-13-7-6-12-3-2-8-24(16(12)9-13)19(25)23-18-22-11-17(27-18)26-15-5-1-4-14(21)10-15/h1,4-7,9-11H,2-3,8H2,(H,22,23,25). The maximum Gasteiger partial charge on any atom is 0.328 e. The van der Waals surface area contributed by atoms with Gasteiger partial charge < -0.3 is 4.74 Å². The second-order valence-electron chi connectivity index (χ2n) is 6.00. The number of amides is 2. The largest absolute Gasteiger partial charge is 0.445 e. The number of nitrogens with one attached hydrogen (secondary N) is 1. The molecule has 0 saturated carbocycles. The van der Waals surface area contributed by atoms with E-state index < -0.39 is 0 Å². The zero-order valence-electron chi connectivity index (χ0n) is 14.1. The van der Waals surface area contributed by atoms with Crippen LogP contribution in [0.3, 0.4) is 0 Å². The number of aryl methyl sites for hydroxylation is 1. The van der Waals surface area contributed by atoms with Crippen molar-refractivity contribution in [2.75, 3.05) is 16.8 Å². The number of aromatic nitrogens is 1. The van der Waals surface area contributed by atoms with Crippen molar-refractivity contribution in [3.63, 3.8) is 0 Å². The van der Waals surface area contributed by atoms with Gasteiger partial charge in [0, 0.05) is 17.6 Å². The first-order chi connectivity index (χ1) is 13.1. The van der Waals surface area contributed by atoms with Crippen molar-refractivity contribution in [2.45, 2.75) is 12.8 Å². The Morgan fingerprint density at radius 3 is 3.04 bits per heavy atom. The molecule has 5 nitrogen and oxygen atoms in total. The quantitative estimate of drug-likeness (QED) is 0.609. The van der Waals surface area contributed by atoms with Gasteiger partial charge in [0.15, 0.2) is 5.13 Å². The molecular formula is C19H15ClFN3O2S. The molecule has 2 heterocycles. The molecule has 0 saturated heterocycles. The van der Waals surface area contributed by atoms with Crippen LogP contribution < -0.4 is 15.0 Å². The highest BCUT2D eigenvalue weighted by atomic mass is 35.5. The molecular weight excluding hydrogens is 389 g/mol. The van der Waals surface area contributed by atoms with Gasteiger partial charge in [-0.25, -0.2) is 14.2 Å². The number of thiazole rings is 1. The van der Waals surface area contributed by atoms with Crippen molar-refractivity contribution in [1.82, 2.24) is 4.98 Å². The SMILES string of the molecule is O=C(Nc1ncc(Oc2cccc(F)c2)s1)N1CCCc2ccc(Cl)cc21. The number of halogens is 2. The molecule has 2 amide bonds. The number of hydrogen-bond acceptors (Lipinski definition) is 4. The summed E-state index contributed by atoms with van der Waals surface area (Å²) in [7, 11) is 0. The molecule has 27 heavy (non-hydrogen) atoms. The molecule has 2 aromatic carbocycles. The van der Waals surface area contributed by atoms with Crippen molar-refractivity contribution in [2.24, 2.45) is 0 Å². The van der Waals surface area contributed by atoms with Crippen LogP contribution in [0.5, 0.6) is 10.8 Å². The molecule has 0 bridgehead atoms. The van der Waals surface area contributed by atoms with Crippen LogP contribution >= 0.6 is 22.9 Å². The molecule has 0 aliphatic carbocycles. The third kappa shape index (κ3) is 4.04. The molecule has 1 N–H and O–H groups in total. The summed E-state index contributed by atoms with van der Waals surface area (Å²) < 4.78 is 18.8. The van der Waals surface area contributed by atoms with Crippen LogP contribution in [-0.2, 0) is 6.42 Å². The minimum Gasteiger partial charge on any atom is -0.445 e. The van der Waals surface area contributed by atoms with Gasteiger partial charge in [-0.3, -0.25) is 10.2 Å². The Balaban J connectivity index is 1.47. The van der Waals surface area contributed by atoms with Gasteiger partial charge >= 0.3 is 6.03 Å². The molecule has 0 radical (unpaired) electrons. The van der Waals surface area contributed by atoms with Gasteiger partial charge in [0.2, 0.25) is 5.06 Å². The summed E-state index contributed by atoms with van der Waals surface area (Å²) in [5, 5.41) is 4.24. The molecule has 3 aromatic rings. The maximum atomic E-state index is 13.2. The second kappa shape index (κ2) is 7.54. The number of nitrogens with zero attached hydrogens (tertiary/aromatic N) is 2. The predicted octanol–water partition coefficient (Wildman–Crippen LogP) is 5.71. The van der Waals surface area contributed by atoms with Crippen LogP contribution in [-0.4, -0.2) is 17.6 Å². The van der Waals surface area contributed by atoms with Gasteiger partial charge in [0.05, 0.1) is 11.9 Å². The first kappa shape index (κ1) is 17.8. The van der Waals surface area contributed by atoms with E-state index in [1.807, 2.05) is 12.1 Å². The van der Waals surface area contributed by atoms with Crippen LogP contribution in [0.1, 0.15) is 12.0 Å². The van der Waals surface area contributed by atoms with Crippen LogP contribution in [0.4, 0.5) is 20.0 Å². The molecule has 8 heteroatoms. The normalized spacial score (nSPS) is 13.2. The molecule has 1 aliphatic heterocycles. The Bertz CT molecular complexity index is 995. The predicted molar refractivity (Wildman–Crippen MR) is 105 cm³/mol. The first-order valence-electron chi connectivity index (χ1n) is 8.35. The zero-order chi connectivity index (χ0) is 18.8. The zero-order valence-corrected chi connectivity index (χ0v) is 15.7. The number of carbonyl (C=O) groups is 1. The van der Waals surface area contributed by atoms with Gasteiger partial charge in [0.1, 0.15) is 11.6 Å². The van der Waals surface area contributed by atoms with Crippen molar-refractivity contribution in [3.8, 4) is 10.8 Å². The van der Waals surface area contributed by atoms with Gasteiger partial charge in [-0.05, 0) is 42.7 Å². The highest BCUT2D eigenvalue weighted by Gasteiger charge is 2.23. The summed E-state index contributed by atoms with van der Waals surface area (Å²) in [6.45, 7) is 0.608. The van der Waals surface area contributed by atoms with Crippen LogP contribution in [0.25, 0.3) is 0 Å². The molecule has 0 atom stereocenters. The fourth-order valence-electron chi connectivity index (χ4n) is 2.93. The van der Waals surface area contributed by atoms with E-state index in [4.69, 9.17) is 16.3 Å². The van der Waals surface area contributed by atoms with Crippen molar-refractivity contribution < 1.29 is 13.9 Å². The lowest BCUT2D eigenvalue weighted by Crippen LogP contribution is -2.38. The average molecular weight is 404 g/mol. The van der Waals surface area contributed by atoms with Gasteiger partial charge in [0.25, 0.3) is 0 Å². The lowest BCUT2D eigenvalue weighted by Gasteiger charge is -2.29. The van der Waals surface area contributed by atoms with E-state index in [1.165, 1.54) is 29.7 Å². The Hall–Kier alpha value is -2.64. The highest BCUT2D eigenvalue weighted by molar-refractivity contribution is 7.17. The Labute approximate surface area is 164 Å². The first-order valence-corrected chi connectivity index (χ1v) is 9.54. The van der Waals surface area contributed by atoms with Gasteiger partial charge in [-0.2, -0.15) is 0 Å². The summed E-state index contributed by atoms with van der Waals surface area (Å²) in [5.74, 6) is -0.0101. The van der Waals surface area contributed by atoms with E-state index in [1.54, 1.807) is 23.1 Å². The summed E-state index contributed by atoms with van der Waals surface area (Å²) in [6.07, 6.45) is 3.29. The van der Waals surface area contributed by atoms with E-state index >= 15 is 0 Å². The number of hydrogen-bond donors (Lipinski definition) is 1. The fourth-order valence-corrected chi connectivity index (χ4v) is 3.77. The summed E-state index contributed by atoms with van der Waals surface area (Å²) >= 11 is 7.26. The third-order valence-electron chi connectivity index (χ3n) is 4.12. The molecule has 4 rings (SSSR count). The molecule has 0 fully saturated rings. The van der Waals surface area contributed by atoms with E-state index in [0.717, 1.165) is 24.1 Å².